The van der Waals surface area contributed by atoms with Crippen LogP contribution in [0, 0.1) is 0 Å². The number of esters is 1. The Labute approximate surface area is 188 Å². The van der Waals surface area contributed by atoms with Crippen molar-refractivity contribution in [3.8, 4) is 0 Å². The second-order valence-corrected chi connectivity index (χ2v) is 9.22. The largest absolute Gasteiger partial charge is 0.457 e. The highest BCUT2D eigenvalue weighted by Gasteiger charge is 2.47. The van der Waals surface area contributed by atoms with E-state index < -0.39 is 12.0 Å². The fourth-order valence-corrected chi connectivity index (χ4v) is 5.01. The molecule has 1 amide bonds. The summed E-state index contributed by atoms with van der Waals surface area (Å²) in [5.74, 6) is -0.472. The molecule has 7 heteroatoms. The van der Waals surface area contributed by atoms with E-state index in [1.807, 2.05) is 61.5 Å². The molecule has 2 aromatic carbocycles. The van der Waals surface area contributed by atoms with Crippen LogP contribution in [0.4, 0.5) is 0 Å². The van der Waals surface area contributed by atoms with Crippen molar-refractivity contribution in [3.05, 3.63) is 81.5 Å². The summed E-state index contributed by atoms with van der Waals surface area (Å²) in [5, 5.41) is 0.464. The molecule has 0 unspecified atom stereocenters. The molecule has 4 rings (SSSR count). The number of rotatable bonds is 5. The van der Waals surface area contributed by atoms with Crippen LogP contribution < -0.4 is 0 Å². The zero-order valence-electron chi connectivity index (χ0n) is 16.7. The fraction of sp³-hybridized carbons (Fsp3) is 0.261. The maximum absolute atomic E-state index is 13.2. The number of hydrogen-bond donors (Lipinski definition) is 0. The monoisotopic (exact) mass is 484 g/mol. The molecule has 1 fully saturated rings. The van der Waals surface area contributed by atoms with Crippen LogP contribution in [0.1, 0.15) is 37.4 Å². The van der Waals surface area contributed by atoms with Crippen molar-refractivity contribution >= 4 is 44.7 Å². The van der Waals surface area contributed by atoms with E-state index in [4.69, 9.17) is 4.74 Å². The molecule has 2 heterocycles. The van der Waals surface area contributed by atoms with Gasteiger partial charge in [0.15, 0.2) is 5.17 Å². The number of halogens is 1. The molecule has 0 bridgehead atoms. The Morgan fingerprint density at radius 3 is 2.53 bits per heavy atom. The molecule has 2 aliphatic rings. The maximum atomic E-state index is 13.2. The number of carbonyl (C=O) groups excluding carboxylic acids is 2. The molecule has 0 radical (unpaired) electrons. The summed E-state index contributed by atoms with van der Waals surface area (Å²) in [6.45, 7) is 3.96. The van der Waals surface area contributed by atoms with Crippen molar-refractivity contribution in [2.24, 2.45) is 4.99 Å². The molecule has 2 aliphatic heterocycles. The number of hydrogen-bond acceptors (Lipinski definition) is 5. The number of thioether (sulfide) groups is 1. The molecule has 0 saturated carbocycles. The molecule has 0 N–H and O–H groups in total. The van der Waals surface area contributed by atoms with Gasteiger partial charge in [0, 0.05) is 4.47 Å². The maximum Gasteiger partial charge on any atom is 0.338 e. The van der Waals surface area contributed by atoms with Gasteiger partial charge < -0.3 is 4.74 Å². The van der Waals surface area contributed by atoms with Crippen LogP contribution in [0.3, 0.4) is 0 Å². The second kappa shape index (κ2) is 8.78. The van der Waals surface area contributed by atoms with Crippen molar-refractivity contribution < 1.29 is 14.3 Å². The Morgan fingerprint density at radius 1 is 1.17 bits per heavy atom. The van der Waals surface area contributed by atoms with Crippen molar-refractivity contribution in [2.45, 2.75) is 38.2 Å². The summed E-state index contributed by atoms with van der Waals surface area (Å²) in [6.07, 6.45) is 0.707. The lowest BCUT2D eigenvalue weighted by Crippen LogP contribution is -2.40. The summed E-state index contributed by atoms with van der Waals surface area (Å²) in [7, 11) is 0. The topological polar surface area (TPSA) is 59.0 Å². The highest BCUT2D eigenvalue weighted by molar-refractivity contribution is 9.10. The zero-order chi connectivity index (χ0) is 21.3. The first-order valence-corrected chi connectivity index (χ1v) is 11.4. The predicted octanol–water partition coefficient (Wildman–Crippen LogP) is 5.23. The number of carbonyl (C=O) groups is 2. The summed E-state index contributed by atoms with van der Waals surface area (Å²) >= 11 is 4.92. The summed E-state index contributed by atoms with van der Waals surface area (Å²) < 4.78 is 6.56. The van der Waals surface area contributed by atoms with Gasteiger partial charge in [-0.3, -0.25) is 9.69 Å². The lowest BCUT2D eigenvalue weighted by atomic mass is 9.94. The molecule has 5 nitrogen and oxygen atoms in total. The van der Waals surface area contributed by atoms with Crippen molar-refractivity contribution in [1.82, 2.24) is 4.90 Å². The molecule has 154 valence electrons. The standard InChI is InChI=1S/C23H21BrN2O3S/c1-3-18-21(27)26-20(16-9-11-17(24)12-10-16)19(14(2)25-23(26)30-18)22(28)29-13-15-7-5-4-6-8-15/h4-12,18,20H,3,13H2,1-2H3/t18-,20+/m0/s1. The van der Waals surface area contributed by atoms with E-state index >= 15 is 0 Å². The first-order chi connectivity index (χ1) is 14.5. The number of amidine groups is 1. The molecule has 0 aliphatic carbocycles. The first-order valence-electron chi connectivity index (χ1n) is 9.75. The Morgan fingerprint density at radius 2 is 1.87 bits per heavy atom. The third-order valence-electron chi connectivity index (χ3n) is 5.14. The third kappa shape index (κ3) is 3.96. The van der Waals surface area contributed by atoms with E-state index in [1.165, 1.54) is 11.8 Å². The van der Waals surface area contributed by atoms with E-state index in [-0.39, 0.29) is 17.8 Å². The van der Waals surface area contributed by atoms with Crippen LogP contribution in [0.2, 0.25) is 0 Å². The van der Waals surface area contributed by atoms with Gasteiger partial charge in [0.05, 0.1) is 22.6 Å². The fourth-order valence-electron chi connectivity index (χ4n) is 3.61. The van der Waals surface area contributed by atoms with Gasteiger partial charge in [0.1, 0.15) is 6.61 Å². The number of fused-ring (bicyclic) bond motifs is 1. The summed E-state index contributed by atoms with van der Waals surface area (Å²) in [4.78, 5) is 32.6. The van der Waals surface area contributed by atoms with Crippen LogP contribution in [0.5, 0.6) is 0 Å². The molecular weight excluding hydrogens is 464 g/mol. The van der Waals surface area contributed by atoms with Crippen molar-refractivity contribution in [3.63, 3.8) is 0 Å². The van der Waals surface area contributed by atoms with Gasteiger partial charge in [0.2, 0.25) is 5.91 Å². The minimum atomic E-state index is -0.551. The Balaban J connectivity index is 1.71. The lowest BCUT2D eigenvalue weighted by molar-refractivity contribution is -0.141. The van der Waals surface area contributed by atoms with Crippen molar-refractivity contribution in [2.75, 3.05) is 0 Å². The van der Waals surface area contributed by atoms with E-state index in [1.54, 1.807) is 11.8 Å². The third-order valence-corrected chi connectivity index (χ3v) is 6.99. The minimum Gasteiger partial charge on any atom is -0.457 e. The van der Waals surface area contributed by atoms with Crippen molar-refractivity contribution in [1.29, 1.82) is 0 Å². The number of allylic oxidation sites excluding steroid dienone is 1. The molecule has 0 spiro atoms. The van der Waals surface area contributed by atoms with Gasteiger partial charge in [-0.25, -0.2) is 9.79 Å². The number of benzene rings is 2. The van der Waals surface area contributed by atoms with Gasteiger partial charge in [-0.1, -0.05) is 77.1 Å². The predicted molar refractivity (Wildman–Crippen MR) is 122 cm³/mol. The number of ether oxygens (including phenoxy) is 1. The minimum absolute atomic E-state index is 0.0185. The molecule has 2 aromatic rings. The Kier molecular flexibility index (Phi) is 6.11. The van der Waals surface area contributed by atoms with Crippen LogP contribution in [0.15, 0.2) is 75.3 Å². The van der Waals surface area contributed by atoms with Gasteiger partial charge in [-0.05, 0) is 36.6 Å². The van der Waals surface area contributed by atoms with Crippen LogP contribution >= 0.6 is 27.7 Å². The summed E-state index contributed by atoms with van der Waals surface area (Å²) in [6, 6.07) is 16.7. The number of nitrogens with zero attached hydrogens (tertiary/aromatic N) is 2. The number of aliphatic imine (C=N–C) groups is 1. The highest BCUT2D eigenvalue weighted by Crippen LogP contribution is 2.44. The zero-order valence-corrected chi connectivity index (χ0v) is 19.1. The normalized spacial score (nSPS) is 20.8. The molecule has 30 heavy (non-hydrogen) atoms. The second-order valence-electron chi connectivity index (χ2n) is 7.13. The van der Waals surface area contributed by atoms with Gasteiger partial charge in [-0.15, -0.1) is 0 Å². The Hall–Kier alpha value is -2.38. The summed E-state index contributed by atoms with van der Waals surface area (Å²) in [5.41, 5.74) is 2.75. The van der Waals surface area contributed by atoms with Gasteiger partial charge in [-0.2, -0.15) is 0 Å². The SMILES string of the molecule is CC[C@@H]1SC2=NC(C)=C(C(=O)OCc3ccccc3)[C@@H](c3ccc(Br)cc3)N2C1=O. The lowest BCUT2D eigenvalue weighted by Gasteiger charge is -2.33. The van der Waals surface area contributed by atoms with Crippen LogP contribution in [0.25, 0.3) is 0 Å². The highest BCUT2D eigenvalue weighted by atomic mass is 79.9. The van der Waals surface area contributed by atoms with E-state index in [2.05, 4.69) is 20.9 Å². The molecule has 0 aromatic heterocycles. The molecular formula is C23H21BrN2O3S. The van der Waals surface area contributed by atoms with Gasteiger partial charge >= 0.3 is 5.97 Å². The first kappa shape index (κ1) is 20.9. The quantitative estimate of drug-likeness (QED) is 0.545. The van der Waals surface area contributed by atoms with E-state index in [9.17, 15) is 9.59 Å². The molecule has 1 saturated heterocycles. The van der Waals surface area contributed by atoms with Crippen LogP contribution in [-0.4, -0.2) is 27.2 Å². The Bertz CT molecular complexity index is 1030. The average Bonchev–Trinajstić information content (AvgIpc) is 3.07. The van der Waals surface area contributed by atoms with Crippen LogP contribution in [-0.2, 0) is 20.9 Å². The van der Waals surface area contributed by atoms with E-state index in [0.29, 0.717) is 22.9 Å². The average molecular weight is 485 g/mol. The number of amides is 1. The smallest absolute Gasteiger partial charge is 0.338 e. The molecule has 2 atom stereocenters. The van der Waals surface area contributed by atoms with E-state index in [0.717, 1.165) is 15.6 Å². The van der Waals surface area contributed by atoms with Gasteiger partial charge in [0.25, 0.3) is 0 Å².